The highest BCUT2D eigenvalue weighted by Gasteiger charge is 2.23. The smallest absolute Gasteiger partial charge is 0.176 e. The van der Waals surface area contributed by atoms with E-state index in [-0.39, 0.29) is 5.69 Å². The van der Waals surface area contributed by atoms with Gasteiger partial charge in [0.15, 0.2) is 11.4 Å². The van der Waals surface area contributed by atoms with E-state index in [1.165, 1.54) is 12.8 Å². The molecule has 1 fully saturated rings. The van der Waals surface area contributed by atoms with E-state index in [4.69, 9.17) is 10.5 Å². The van der Waals surface area contributed by atoms with Gasteiger partial charge in [-0.1, -0.05) is 19.8 Å². The Bertz CT molecular complexity index is 460. The van der Waals surface area contributed by atoms with Gasteiger partial charge in [-0.15, -0.1) is 0 Å². The SMILES string of the molecule is CC1CCCC(n2cnc(C#N)c2C#N)C1. The van der Waals surface area contributed by atoms with Crippen LogP contribution in [-0.4, -0.2) is 9.55 Å². The van der Waals surface area contributed by atoms with Gasteiger partial charge in [0.05, 0.1) is 6.33 Å². The lowest BCUT2D eigenvalue weighted by molar-refractivity contribution is 0.281. The van der Waals surface area contributed by atoms with Crippen molar-refractivity contribution < 1.29 is 0 Å². The molecule has 4 nitrogen and oxygen atoms in total. The Morgan fingerprint density at radius 1 is 1.38 bits per heavy atom. The maximum Gasteiger partial charge on any atom is 0.176 e. The summed E-state index contributed by atoms with van der Waals surface area (Å²) >= 11 is 0. The van der Waals surface area contributed by atoms with Crippen molar-refractivity contribution in [1.82, 2.24) is 9.55 Å². The number of hydrogen-bond donors (Lipinski definition) is 0. The van der Waals surface area contributed by atoms with Crippen LogP contribution in [0.25, 0.3) is 0 Å². The fourth-order valence-electron chi connectivity index (χ4n) is 2.49. The van der Waals surface area contributed by atoms with Gasteiger partial charge in [-0.2, -0.15) is 10.5 Å². The Labute approximate surface area is 95.1 Å². The normalized spacial score (nSPS) is 24.7. The van der Waals surface area contributed by atoms with Gasteiger partial charge in [-0.05, 0) is 18.8 Å². The fourth-order valence-corrected chi connectivity index (χ4v) is 2.49. The van der Waals surface area contributed by atoms with E-state index < -0.39 is 0 Å². The average Bonchev–Trinajstić information content (AvgIpc) is 2.71. The van der Waals surface area contributed by atoms with Gasteiger partial charge < -0.3 is 4.57 Å². The monoisotopic (exact) mass is 214 g/mol. The van der Waals surface area contributed by atoms with Crippen molar-refractivity contribution in [2.24, 2.45) is 5.92 Å². The summed E-state index contributed by atoms with van der Waals surface area (Å²) in [6.45, 7) is 2.24. The Hall–Kier alpha value is -1.81. The minimum atomic E-state index is 0.251. The molecule has 82 valence electrons. The summed E-state index contributed by atoms with van der Waals surface area (Å²) in [6.07, 6.45) is 6.25. The topological polar surface area (TPSA) is 65.4 Å². The molecule has 0 N–H and O–H groups in total. The molecule has 0 amide bonds. The fraction of sp³-hybridized carbons (Fsp3) is 0.583. The van der Waals surface area contributed by atoms with Crippen LogP contribution in [0.2, 0.25) is 0 Å². The highest BCUT2D eigenvalue weighted by molar-refractivity contribution is 5.36. The standard InChI is InChI=1S/C12H14N4/c1-9-3-2-4-10(5-9)16-8-15-11(6-13)12(16)7-14/h8-10H,2-5H2,1H3. The summed E-state index contributed by atoms with van der Waals surface area (Å²) in [5.74, 6) is 0.693. The molecular weight excluding hydrogens is 200 g/mol. The van der Waals surface area contributed by atoms with Gasteiger partial charge >= 0.3 is 0 Å². The highest BCUT2D eigenvalue weighted by atomic mass is 15.1. The zero-order chi connectivity index (χ0) is 11.5. The predicted octanol–water partition coefficient (Wildman–Crippen LogP) is 2.38. The van der Waals surface area contributed by atoms with Crippen LogP contribution in [0, 0.1) is 28.6 Å². The van der Waals surface area contributed by atoms with Gasteiger partial charge in [0.1, 0.15) is 12.1 Å². The molecule has 0 bridgehead atoms. The van der Waals surface area contributed by atoms with Crippen LogP contribution in [0.1, 0.15) is 50.0 Å². The van der Waals surface area contributed by atoms with Gasteiger partial charge in [0.25, 0.3) is 0 Å². The average molecular weight is 214 g/mol. The Morgan fingerprint density at radius 3 is 2.81 bits per heavy atom. The third-order valence-corrected chi connectivity index (χ3v) is 3.31. The highest BCUT2D eigenvalue weighted by Crippen LogP contribution is 2.33. The first kappa shape index (κ1) is 10.7. The van der Waals surface area contributed by atoms with Crippen molar-refractivity contribution in [1.29, 1.82) is 10.5 Å². The van der Waals surface area contributed by atoms with Crippen LogP contribution in [0.4, 0.5) is 0 Å². The molecule has 1 aliphatic carbocycles. The zero-order valence-electron chi connectivity index (χ0n) is 9.35. The molecule has 2 rings (SSSR count). The summed E-state index contributed by atoms with van der Waals surface area (Å²) < 4.78 is 1.88. The lowest BCUT2D eigenvalue weighted by Crippen LogP contribution is -2.18. The molecule has 4 heteroatoms. The van der Waals surface area contributed by atoms with E-state index >= 15 is 0 Å². The number of rotatable bonds is 1. The molecule has 2 atom stereocenters. The summed E-state index contributed by atoms with van der Waals surface area (Å²) in [6, 6.07) is 4.39. The second-order valence-corrected chi connectivity index (χ2v) is 4.50. The predicted molar refractivity (Wildman–Crippen MR) is 58.3 cm³/mol. The Kier molecular flexibility index (Phi) is 2.92. The molecule has 0 radical (unpaired) electrons. The molecule has 0 aromatic carbocycles. The molecule has 1 aromatic rings. The van der Waals surface area contributed by atoms with Crippen molar-refractivity contribution in [3.63, 3.8) is 0 Å². The van der Waals surface area contributed by atoms with Crippen LogP contribution in [-0.2, 0) is 0 Å². The quantitative estimate of drug-likeness (QED) is 0.720. The van der Waals surface area contributed by atoms with E-state index in [2.05, 4.69) is 18.0 Å². The van der Waals surface area contributed by atoms with E-state index in [0.717, 1.165) is 12.8 Å². The molecule has 0 spiro atoms. The maximum absolute atomic E-state index is 9.05. The van der Waals surface area contributed by atoms with E-state index in [1.54, 1.807) is 6.33 Å². The van der Waals surface area contributed by atoms with Crippen LogP contribution < -0.4 is 0 Å². The molecule has 1 aromatic heterocycles. The van der Waals surface area contributed by atoms with Crippen molar-refractivity contribution in [2.45, 2.75) is 38.6 Å². The Morgan fingerprint density at radius 2 is 2.19 bits per heavy atom. The molecule has 1 aliphatic rings. The molecule has 2 unspecified atom stereocenters. The van der Waals surface area contributed by atoms with Crippen molar-refractivity contribution in [3.05, 3.63) is 17.7 Å². The van der Waals surface area contributed by atoms with Crippen LogP contribution >= 0.6 is 0 Å². The number of aromatic nitrogens is 2. The van der Waals surface area contributed by atoms with Crippen molar-refractivity contribution in [3.8, 4) is 12.1 Å². The third kappa shape index (κ3) is 1.79. The number of hydrogen-bond acceptors (Lipinski definition) is 3. The summed E-state index contributed by atoms with van der Waals surface area (Å²) in [5.41, 5.74) is 0.669. The van der Waals surface area contributed by atoms with Crippen molar-refractivity contribution in [2.75, 3.05) is 0 Å². The lowest BCUT2D eigenvalue weighted by Gasteiger charge is -2.28. The van der Waals surface area contributed by atoms with Crippen molar-refractivity contribution >= 4 is 0 Å². The third-order valence-electron chi connectivity index (χ3n) is 3.31. The van der Waals surface area contributed by atoms with Crippen LogP contribution in [0.5, 0.6) is 0 Å². The van der Waals surface area contributed by atoms with Gasteiger partial charge in [0.2, 0.25) is 0 Å². The first-order valence-corrected chi connectivity index (χ1v) is 5.63. The number of nitrogens with zero attached hydrogens (tertiary/aromatic N) is 4. The van der Waals surface area contributed by atoms with E-state index in [1.807, 2.05) is 10.6 Å². The van der Waals surface area contributed by atoms with Crippen LogP contribution in [0.15, 0.2) is 6.33 Å². The summed E-state index contributed by atoms with van der Waals surface area (Å²) in [7, 11) is 0. The van der Waals surface area contributed by atoms with Gasteiger partial charge in [-0.25, -0.2) is 4.98 Å². The molecular formula is C12H14N4. The summed E-state index contributed by atoms with van der Waals surface area (Å²) in [4.78, 5) is 3.99. The largest absolute Gasteiger partial charge is 0.318 e. The molecule has 1 saturated carbocycles. The number of nitriles is 2. The molecule has 1 heterocycles. The summed E-state index contributed by atoms with van der Waals surface area (Å²) in [5, 5.41) is 17.9. The minimum absolute atomic E-state index is 0.251. The van der Waals surface area contributed by atoms with Crippen LogP contribution in [0.3, 0.4) is 0 Å². The first-order chi connectivity index (χ1) is 7.76. The van der Waals surface area contributed by atoms with Gasteiger partial charge in [0, 0.05) is 6.04 Å². The second kappa shape index (κ2) is 4.37. The van der Waals surface area contributed by atoms with E-state index in [0.29, 0.717) is 17.7 Å². The Balaban J connectivity index is 2.31. The number of imidazole rings is 1. The zero-order valence-corrected chi connectivity index (χ0v) is 9.35. The van der Waals surface area contributed by atoms with E-state index in [9.17, 15) is 0 Å². The lowest BCUT2D eigenvalue weighted by atomic mass is 9.87. The maximum atomic E-state index is 9.05. The van der Waals surface area contributed by atoms with Gasteiger partial charge in [-0.3, -0.25) is 0 Å². The minimum Gasteiger partial charge on any atom is -0.318 e. The molecule has 0 aliphatic heterocycles. The molecule has 16 heavy (non-hydrogen) atoms. The molecule has 0 saturated heterocycles. The second-order valence-electron chi connectivity index (χ2n) is 4.50. The first-order valence-electron chi connectivity index (χ1n) is 5.63.